The van der Waals surface area contributed by atoms with Crippen LogP contribution in [-0.4, -0.2) is 30.6 Å². The molecule has 132 valence electrons. The number of alkyl halides is 6. The first-order valence-electron chi connectivity index (χ1n) is 6.51. The third-order valence-electron chi connectivity index (χ3n) is 3.23. The molecule has 10 heteroatoms. The maximum Gasteiger partial charge on any atom is 0.416 e. The number of amides is 1. The molecule has 0 aliphatic carbocycles. The Labute approximate surface area is 141 Å². The molecule has 1 aromatic carbocycles. The predicted molar refractivity (Wildman–Crippen MR) is 79.5 cm³/mol. The fourth-order valence-corrected chi connectivity index (χ4v) is 3.49. The number of halogens is 7. The molecule has 2 aromatic rings. The topological polar surface area (TPSA) is 20.3 Å². The molecule has 0 radical (unpaired) electrons. The van der Waals surface area contributed by atoms with Gasteiger partial charge in [0.05, 0.1) is 17.0 Å². The van der Waals surface area contributed by atoms with Crippen LogP contribution in [0.15, 0.2) is 18.2 Å². The van der Waals surface area contributed by atoms with Crippen LogP contribution in [0.25, 0.3) is 10.1 Å². The van der Waals surface area contributed by atoms with Gasteiger partial charge in [-0.1, -0.05) is 17.7 Å². The van der Waals surface area contributed by atoms with Crippen molar-refractivity contribution in [1.29, 1.82) is 0 Å². The van der Waals surface area contributed by atoms with Gasteiger partial charge in [-0.2, -0.15) is 26.3 Å². The van der Waals surface area contributed by atoms with E-state index in [0.717, 1.165) is 34.4 Å². The third-order valence-corrected chi connectivity index (χ3v) is 4.87. The molecule has 1 amide bonds. The van der Waals surface area contributed by atoms with Crippen molar-refractivity contribution in [1.82, 2.24) is 4.90 Å². The standard InChI is InChI=1S/C14H10ClF6NOS/c1-22(5-4-13(16,17)18)12(23)11-10(15)8-3-2-7(14(19,20)21)6-9(8)24-11/h2-3,6H,4-5H2,1H3. The number of benzene rings is 1. The van der Waals surface area contributed by atoms with Crippen LogP contribution in [0.3, 0.4) is 0 Å². The monoisotopic (exact) mass is 389 g/mol. The molecule has 0 aliphatic heterocycles. The zero-order valence-corrected chi connectivity index (χ0v) is 13.6. The Hall–Kier alpha value is -1.48. The number of carbonyl (C=O) groups is 1. The molecule has 0 unspecified atom stereocenters. The van der Waals surface area contributed by atoms with Gasteiger partial charge in [0.25, 0.3) is 5.91 Å². The minimum atomic E-state index is -4.54. The number of thiophene rings is 1. The summed E-state index contributed by atoms with van der Waals surface area (Å²) in [6.07, 6.45) is -10.1. The number of nitrogens with zero attached hydrogens (tertiary/aromatic N) is 1. The van der Waals surface area contributed by atoms with Crippen LogP contribution in [0.4, 0.5) is 26.3 Å². The fraction of sp³-hybridized carbons (Fsp3) is 0.357. The summed E-state index contributed by atoms with van der Waals surface area (Å²) in [6.45, 7) is -0.569. The number of fused-ring (bicyclic) bond motifs is 1. The van der Waals surface area contributed by atoms with E-state index in [2.05, 4.69) is 0 Å². The average Bonchev–Trinajstić information content (AvgIpc) is 2.79. The molecular formula is C14H10ClF6NOS. The molecule has 1 aromatic heterocycles. The van der Waals surface area contributed by atoms with Crippen LogP contribution < -0.4 is 0 Å². The summed E-state index contributed by atoms with van der Waals surface area (Å²) in [5, 5.41) is 0.190. The van der Waals surface area contributed by atoms with Gasteiger partial charge in [0.15, 0.2) is 0 Å². The summed E-state index contributed by atoms with van der Waals surface area (Å²) >= 11 is 6.73. The molecule has 0 saturated carbocycles. The van der Waals surface area contributed by atoms with E-state index >= 15 is 0 Å². The Morgan fingerprint density at radius 3 is 2.38 bits per heavy atom. The largest absolute Gasteiger partial charge is 0.416 e. The SMILES string of the molecule is CN(CCC(F)(F)F)C(=O)c1sc2cc(C(F)(F)F)ccc2c1Cl. The van der Waals surface area contributed by atoms with E-state index < -0.39 is 36.8 Å². The first-order valence-corrected chi connectivity index (χ1v) is 7.71. The molecule has 2 rings (SSSR count). The van der Waals surface area contributed by atoms with Gasteiger partial charge in [-0.3, -0.25) is 4.79 Å². The second kappa shape index (κ2) is 6.44. The van der Waals surface area contributed by atoms with E-state index in [-0.39, 0.29) is 20.0 Å². The Kier molecular flexibility index (Phi) is 5.06. The summed E-state index contributed by atoms with van der Waals surface area (Å²) in [4.78, 5) is 13.0. The Morgan fingerprint density at radius 2 is 1.83 bits per heavy atom. The Bertz CT molecular complexity index is 767. The average molecular weight is 390 g/mol. The van der Waals surface area contributed by atoms with Gasteiger partial charge in [0.1, 0.15) is 4.88 Å². The molecule has 1 heterocycles. The molecule has 0 fully saturated rings. The van der Waals surface area contributed by atoms with Crippen molar-refractivity contribution in [2.24, 2.45) is 0 Å². The second-order valence-corrected chi connectivity index (χ2v) is 6.48. The summed E-state index contributed by atoms with van der Waals surface area (Å²) < 4.78 is 74.9. The first kappa shape index (κ1) is 18.9. The molecule has 0 bridgehead atoms. The fourth-order valence-electron chi connectivity index (χ4n) is 1.95. The molecule has 0 N–H and O–H groups in total. The smallest absolute Gasteiger partial charge is 0.341 e. The maximum absolute atomic E-state index is 12.7. The molecule has 0 aliphatic rings. The van der Waals surface area contributed by atoms with Crippen LogP contribution >= 0.6 is 22.9 Å². The van der Waals surface area contributed by atoms with Gasteiger partial charge in [0, 0.05) is 23.7 Å². The molecular weight excluding hydrogens is 380 g/mol. The number of hydrogen-bond donors (Lipinski definition) is 0. The van der Waals surface area contributed by atoms with Crippen LogP contribution in [0.2, 0.25) is 5.02 Å². The summed E-state index contributed by atoms with van der Waals surface area (Å²) in [5.41, 5.74) is -0.891. The van der Waals surface area contributed by atoms with E-state index in [4.69, 9.17) is 11.6 Å². The highest BCUT2D eigenvalue weighted by Crippen LogP contribution is 2.39. The molecule has 24 heavy (non-hydrogen) atoms. The lowest BCUT2D eigenvalue weighted by Crippen LogP contribution is -2.30. The van der Waals surface area contributed by atoms with Gasteiger partial charge in [-0.25, -0.2) is 0 Å². The minimum absolute atomic E-state index is 0.0624. The number of rotatable bonds is 3. The molecule has 0 spiro atoms. The van der Waals surface area contributed by atoms with Crippen molar-refractivity contribution in [3.63, 3.8) is 0 Å². The van der Waals surface area contributed by atoms with Crippen LogP contribution in [0.1, 0.15) is 21.7 Å². The van der Waals surface area contributed by atoms with Crippen LogP contribution in [0.5, 0.6) is 0 Å². The number of carbonyl (C=O) groups excluding carboxylic acids is 1. The van der Waals surface area contributed by atoms with Crippen molar-refractivity contribution in [3.8, 4) is 0 Å². The lowest BCUT2D eigenvalue weighted by atomic mass is 10.1. The third kappa shape index (κ3) is 4.13. The van der Waals surface area contributed by atoms with Gasteiger partial charge in [-0.05, 0) is 12.1 Å². The first-order chi connectivity index (χ1) is 10.9. The van der Waals surface area contributed by atoms with E-state index in [1.165, 1.54) is 7.05 Å². The minimum Gasteiger partial charge on any atom is -0.341 e. The molecule has 2 nitrogen and oxygen atoms in total. The molecule has 0 atom stereocenters. The zero-order valence-electron chi connectivity index (χ0n) is 12.1. The second-order valence-electron chi connectivity index (χ2n) is 5.05. The van der Waals surface area contributed by atoms with Gasteiger partial charge in [0.2, 0.25) is 0 Å². The lowest BCUT2D eigenvalue weighted by molar-refractivity contribution is -0.137. The van der Waals surface area contributed by atoms with Crippen molar-refractivity contribution in [2.75, 3.05) is 13.6 Å². The predicted octanol–water partition coefficient (Wildman–Crippen LogP) is 5.60. The Morgan fingerprint density at radius 1 is 1.21 bits per heavy atom. The normalized spacial score (nSPS) is 12.7. The maximum atomic E-state index is 12.7. The van der Waals surface area contributed by atoms with Gasteiger partial charge < -0.3 is 4.90 Å². The van der Waals surface area contributed by atoms with Crippen molar-refractivity contribution >= 4 is 38.9 Å². The van der Waals surface area contributed by atoms with Gasteiger partial charge in [-0.15, -0.1) is 11.3 Å². The Balaban J connectivity index is 2.32. The van der Waals surface area contributed by atoms with E-state index in [1.807, 2.05) is 0 Å². The quantitative estimate of drug-likeness (QED) is 0.626. The van der Waals surface area contributed by atoms with Crippen LogP contribution in [0, 0.1) is 0 Å². The van der Waals surface area contributed by atoms with E-state index in [9.17, 15) is 31.1 Å². The van der Waals surface area contributed by atoms with Crippen molar-refractivity contribution in [3.05, 3.63) is 33.7 Å². The van der Waals surface area contributed by atoms with E-state index in [1.54, 1.807) is 0 Å². The van der Waals surface area contributed by atoms with Crippen molar-refractivity contribution in [2.45, 2.75) is 18.8 Å². The highest BCUT2D eigenvalue weighted by molar-refractivity contribution is 7.21. The lowest BCUT2D eigenvalue weighted by Gasteiger charge is -2.17. The highest BCUT2D eigenvalue weighted by Gasteiger charge is 2.32. The zero-order chi connectivity index (χ0) is 18.3. The van der Waals surface area contributed by atoms with Gasteiger partial charge >= 0.3 is 12.4 Å². The van der Waals surface area contributed by atoms with E-state index in [0.29, 0.717) is 0 Å². The summed E-state index contributed by atoms with van der Waals surface area (Å²) in [5.74, 6) is -0.765. The van der Waals surface area contributed by atoms with Crippen molar-refractivity contribution < 1.29 is 31.1 Å². The summed E-state index contributed by atoms with van der Waals surface area (Å²) in [6, 6.07) is 2.84. The number of hydrogen-bond acceptors (Lipinski definition) is 2. The highest BCUT2D eigenvalue weighted by atomic mass is 35.5. The summed E-state index contributed by atoms with van der Waals surface area (Å²) in [7, 11) is 1.18. The van der Waals surface area contributed by atoms with Crippen LogP contribution in [-0.2, 0) is 6.18 Å². The molecule has 0 saturated heterocycles.